The number of nitriles is 1. The summed E-state index contributed by atoms with van der Waals surface area (Å²) in [5.41, 5.74) is 7.99. The van der Waals surface area contributed by atoms with Gasteiger partial charge in [-0.3, -0.25) is 4.90 Å². The Balaban J connectivity index is 2.45. The summed E-state index contributed by atoms with van der Waals surface area (Å²) in [7, 11) is 2.41. The SMILES string of the molecule is COC(=O)C1=C(C(=O)OC)N(c2cc(C(C)(C)C)ccc2Cl)C(N)=C(C#N)C1c1ccccc1. The van der Waals surface area contributed by atoms with Crippen LogP contribution in [0.3, 0.4) is 0 Å². The topological polar surface area (TPSA) is 106 Å². The number of rotatable bonds is 4. The van der Waals surface area contributed by atoms with E-state index in [0.717, 1.165) is 5.56 Å². The predicted molar refractivity (Wildman–Crippen MR) is 130 cm³/mol. The van der Waals surface area contributed by atoms with Crippen LogP contribution in [-0.4, -0.2) is 26.2 Å². The van der Waals surface area contributed by atoms with Gasteiger partial charge in [0.15, 0.2) is 0 Å². The molecule has 1 unspecified atom stereocenters. The molecule has 0 saturated heterocycles. The molecular formula is C26H26ClN3O4. The number of carbonyl (C=O) groups excluding carboxylic acids is 2. The summed E-state index contributed by atoms with van der Waals surface area (Å²) in [6, 6.07) is 16.3. The van der Waals surface area contributed by atoms with Crippen molar-refractivity contribution >= 4 is 29.2 Å². The maximum atomic E-state index is 13.2. The standard InChI is InChI=1S/C26H26ClN3O4/c1-26(2,3)16-11-12-18(27)19(13-16)30-22(25(32)34-5)21(24(31)33-4)20(17(14-28)23(30)29)15-9-7-6-8-10-15/h6-13,20H,29H2,1-5H3. The molecular weight excluding hydrogens is 454 g/mol. The molecule has 0 radical (unpaired) electrons. The minimum absolute atomic E-state index is 0.0302. The Morgan fingerprint density at radius 1 is 1.06 bits per heavy atom. The minimum Gasteiger partial charge on any atom is -0.466 e. The van der Waals surface area contributed by atoms with Gasteiger partial charge < -0.3 is 15.2 Å². The molecule has 0 amide bonds. The first kappa shape index (κ1) is 24.9. The molecule has 3 rings (SSSR count). The third-order valence-electron chi connectivity index (χ3n) is 5.66. The van der Waals surface area contributed by atoms with E-state index < -0.39 is 17.9 Å². The highest BCUT2D eigenvalue weighted by Crippen LogP contribution is 2.45. The van der Waals surface area contributed by atoms with Crippen LogP contribution in [0.1, 0.15) is 37.8 Å². The third kappa shape index (κ3) is 4.37. The molecule has 0 aromatic heterocycles. The predicted octanol–water partition coefficient (Wildman–Crippen LogP) is 4.54. The summed E-state index contributed by atoms with van der Waals surface area (Å²) in [5.74, 6) is -2.58. The first-order chi connectivity index (χ1) is 16.1. The van der Waals surface area contributed by atoms with E-state index >= 15 is 0 Å². The number of hydrogen-bond donors (Lipinski definition) is 1. The molecule has 2 aromatic rings. The number of hydrogen-bond acceptors (Lipinski definition) is 7. The third-order valence-corrected chi connectivity index (χ3v) is 5.98. The van der Waals surface area contributed by atoms with Crippen molar-refractivity contribution < 1.29 is 19.1 Å². The number of esters is 2. The lowest BCUT2D eigenvalue weighted by atomic mass is 9.80. The van der Waals surface area contributed by atoms with Crippen LogP contribution in [0, 0.1) is 11.3 Å². The fourth-order valence-electron chi connectivity index (χ4n) is 3.91. The van der Waals surface area contributed by atoms with Gasteiger partial charge in [-0.1, -0.05) is 68.8 Å². The van der Waals surface area contributed by atoms with E-state index in [-0.39, 0.29) is 33.1 Å². The molecule has 0 saturated carbocycles. The second kappa shape index (κ2) is 9.62. The largest absolute Gasteiger partial charge is 0.466 e. The molecule has 2 N–H and O–H groups in total. The summed E-state index contributed by atoms with van der Waals surface area (Å²) < 4.78 is 10.1. The van der Waals surface area contributed by atoms with Crippen molar-refractivity contribution in [1.29, 1.82) is 5.26 Å². The maximum Gasteiger partial charge on any atom is 0.355 e. The van der Waals surface area contributed by atoms with E-state index in [1.807, 2.05) is 26.8 Å². The average molecular weight is 480 g/mol. The number of anilines is 1. The van der Waals surface area contributed by atoms with Gasteiger partial charge in [-0.15, -0.1) is 0 Å². The van der Waals surface area contributed by atoms with Crippen LogP contribution < -0.4 is 10.6 Å². The number of allylic oxidation sites excluding steroid dienone is 1. The lowest BCUT2D eigenvalue weighted by molar-refractivity contribution is -0.139. The van der Waals surface area contributed by atoms with E-state index in [9.17, 15) is 14.9 Å². The van der Waals surface area contributed by atoms with Gasteiger partial charge >= 0.3 is 11.9 Å². The molecule has 2 aromatic carbocycles. The molecule has 34 heavy (non-hydrogen) atoms. The Hall–Kier alpha value is -3.76. The fraction of sp³-hybridized carbons (Fsp3) is 0.269. The van der Waals surface area contributed by atoms with Crippen molar-refractivity contribution in [3.8, 4) is 6.07 Å². The number of carbonyl (C=O) groups is 2. The van der Waals surface area contributed by atoms with Gasteiger partial charge in [-0.05, 0) is 28.7 Å². The Morgan fingerprint density at radius 3 is 2.21 bits per heavy atom. The first-order valence-electron chi connectivity index (χ1n) is 10.5. The van der Waals surface area contributed by atoms with Crippen LogP contribution in [0.4, 0.5) is 5.69 Å². The zero-order valence-corrected chi connectivity index (χ0v) is 20.4. The van der Waals surface area contributed by atoms with Crippen LogP contribution in [0.25, 0.3) is 0 Å². The van der Waals surface area contributed by atoms with E-state index in [4.69, 9.17) is 26.8 Å². The van der Waals surface area contributed by atoms with Crippen molar-refractivity contribution in [2.75, 3.05) is 19.1 Å². The Morgan fingerprint density at radius 2 is 1.68 bits per heavy atom. The minimum atomic E-state index is -0.937. The quantitative estimate of drug-likeness (QED) is 0.642. The van der Waals surface area contributed by atoms with Gasteiger partial charge in [0.2, 0.25) is 0 Å². The van der Waals surface area contributed by atoms with Gasteiger partial charge in [0.25, 0.3) is 0 Å². The molecule has 1 aliphatic heterocycles. The lowest BCUT2D eigenvalue weighted by Crippen LogP contribution is -2.41. The molecule has 1 aliphatic rings. The highest BCUT2D eigenvalue weighted by molar-refractivity contribution is 6.33. The second-order valence-corrected chi connectivity index (χ2v) is 9.16. The molecule has 1 heterocycles. The molecule has 0 spiro atoms. The molecule has 0 aliphatic carbocycles. The van der Waals surface area contributed by atoms with Gasteiger partial charge in [0, 0.05) is 0 Å². The summed E-state index contributed by atoms with van der Waals surface area (Å²) in [5, 5.41) is 10.4. The zero-order chi connectivity index (χ0) is 25.2. The van der Waals surface area contributed by atoms with Gasteiger partial charge in [0.1, 0.15) is 11.5 Å². The molecule has 7 nitrogen and oxygen atoms in total. The van der Waals surface area contributed by atoms with Crippen molar-refractivity contribution in [3.63, 3.8) is 0 Å². The first-order valence-corrected chi connectivity index (χ1v) is 10.9. The second-order valence-electron chi connectivity index (χ2n) is 8.75. The molecule has 0 bridgehead atoms. The zero-order valence-electron chi connectivity index (χ0n) is 19.7. The Bertz CT molecular complexity index is 1240. The number of halogens is 1. The Labute approximate surface area is 204 Å². The highest BCUT2D eigenvalue weighted by atomic mass is 35.5. The van der Waals surface area contributed by atoms with E-state index in [1.54, 1.807) is 42.5 Å². The summed E-state index contributed by atoms with van der Waals surface area (Å²) in [6.45, 7) is 6.08. The molecule has 8 heteroatoms. The number of methoxy groups -OCH3 is 2. The van der Waals surface area contributed by atoms with Crippen molar-refractivity contribution in [2.45, 2.75) is 32.1 Å². The number of ether oxygens (including phenoxy) is 2. The number of nitrogens with zero attached hydrogens (tertiary/aromatic N) is 2. The Kier molecular flexibility index (Phi) is 7.04. The highest BCUT2D eigenvalue weighted by Gasteiger charge is 2.43. The summed E-state index contributed by atoms with van der Waals surface area (Å²) in [6.07, 6.45) is 0. The molecule has 1 atom stereocenters. The average Bonchev–Trinajstić information content (AvgIpc) is 2.82. The number of nitrogens with two attached hydrogens (primary N) is 1. The van der Waals surface area contributed by atoms with Crippen LogP contribution >= 0.6 is 11.6 Å². The van der Waals surface area contributed by atoms with Gasteiger partial charge in [-0.2, -0.15) is 5.26 Å². The normalized spacial score (nSPS) is 16.3. The van der Waals surface area contributed by atoms with Gasteiger partial charge in [-0.25, -0.2) is 9.59 Å². The smallest absolute Gasteiger partial charge is 0.355 e. The molecule has 0 fully saturated rings. The fourth-order valence-corrected chi connectivity index (χ4v) is 4.12. The van der Waals surface area contributed by atoms with E-state index in [2.05, 4.69) is 6.07 Å². The van der Waals surface area contributed by atoms with Crippen LogP contribution in [0.2, 0.25) is 5.02 Å². The van der Waals surface area contributed by atoms with Gasteiger partial charge in [0.05, 0.1) is 48.1 Å². The monoisotopic (exact) mass is 479 g/mol. The van der Waals surface area contributed by atoms with E-state index in [1.165, 1.54) is 19.1 Å². The summed E-state index contributed by atoms with van der Waals surface area (Å²) in [4.78, 5) is 27.6. The van der Waals surface area contributed by atoms with Crippen LogP contribution in [-0.2, 0) is 24.5 Å². The van der Waals surface area contributed by atoms with Crippen molar-refractivity contribution in [2.24, 2.45) is 5.73 Å². The lowest BCUT2D eigenvalue weighted by Gasteiger charge is -2.36. The van der Waals surface area contributed by atoms with Crippen molar-refractivity contribution in [1.82, 2.24) is 0 Å². The maximum absolute atomic E-state index is 13.2. The number of benzene rings is 2. The van der Waals surface area contributed by atoms with Crippen LogP contribution in [0.15, 0.2) is 71.2 Å². The molecule has 176 valence electrons. The van der Waals surface area contributed by atoms with Crippen molar-refractivity contribution in [3.05, 3.63) is 87.3 Å². The van der Waals surface area contributed by atoms with Crippen LogP contribution in [0.5, 0.6) is 0 Å². The summed E-state index contributed by atoms with van der Waals surface area (Å²) >= 11 is 6.57. The van der Waals surface area contributed by atoms with E-state index in [0.29, 0.717) is 11.3 Å².